The van der Waals surface area contributed by atoms with Gasteiger partial charge in [-0.3, -0.25) is 4.79 Å². The molecule has 1 unspecified atom stereocenters. The van der Waals surface area contributed by atoms with Crippen LogP contribution in [0.3, 0.4) is 0 Å². The van der Waals surface area contributed by atoms with Gasteiger partial charge >= 0.3 is 0 Å². The molecular formula is C18H18Cl2N2OS. The van der Waals surface area contributed by atoms with Crippen LogP contribution in [0.25, 0.3) is 0 Å². The van der Waals surface area contributed by atoms with Crippen molar-refractivity contribution < 1.29 is 4.79 Å². The van der Waals surface area contributed by atoms with Gasteiger partial charge in [0.1, 0.15) is 0 Å². The molecule has 3 rings (SSSR count). The fraction of sp³-hybridized carbons (Fsp3) is 0.278. The van der Waals surface area contributed by atoms with Crippen molar-refractivity contribution in [1.29, 1.82) is 0 Å². The first-order valence-electron chi connectivity index (χ1n) is 7.75. The summed E-state index contributed by atoms with van der Waals surface area (Å²) in [5, 5.41) is 4.11. The third-order valence-electron chi connectivity index (χ3n) is 3.84. The van der Waals surface area contributed by atoms with Gasteiger partial charge in [0.2, 0.25) is 5.91 Å². The number of hydrogen-bond donors (Lipinski definition) is 2. The Morgan fingerprint density at radius 2 is 1.96 bits per heavy atom. The van der Waals surface area contributed by atoms with E-state index in [0.29, 0.717) is 27.5 Å². The Morgan fingerprint density at radius 3 is 2.67 bits per heavy atom. The maximum atomic E-state index is 12.1. The molecule has 1 amide bonds. The molecule has 0 radical (unpaired) electrons. The number of nitrogen functional groups attached to an aromatic ring is 1. The van der Waals surface area contributed by atoms with Crippen molar-refractivity contribution >= 4 is 46.6 Å². The average molecular weight is 381 g/mol. The smallest absolute Gasteiger partial charge is 0.230 e. The highest BCUT2D eigenvalue weighted by atomic mass is 35.5. The molecule has 2 aromatic rings. The summed E-state index contributed by atoms with van der Waals surface area (Å²) >= 11 is 14.0. The van der Waals surface area contributed by atoms with Gasteiger partial charge in [-0.15, -0.1) is 11.8 Å². The summed E-state index contributed by atoms with van der Waals surface area (Å²) in [6, 6.07) is 13.4. The van der Waals surface area contributed by atoms with E-state index in [1.54, 1.807) is 12.1 Å². The van der Waals surface area contributed by atoms with Gasteiger partial charge in [0, 0.05) is 21.8 Å². The second-order valence-corrected chi connectivity index (χ2v) is 7.76. The standard InChI is InChI=1S/C18H18Cl2N2OS/c19-11-5-8-16(21)14(9-11)18(13-3-1-2-4-15(13)20)24-10-17(23)22-12-6-7-12/h1-5,8-9,12,18H,6-7,10,21H2,(H,22,23). The van der Waals surface area contributed by atoms with Crippen molar-refractivity contribution in [2.45, 2.75) is 24.1 Å². The van der Waals surface area contributed by atoms with Gasteiger partial charge in [0.25, 0.3) is 0 Å². The first kappa shape index (κ1) is 17.5. The SMILES string of the molecule is Nc1ccc(Cl)cc1C(SCC(=O)NC1CC1)c1ccccc1Cl. The minimum absolute atomic E-state index is 0.0418. The largest absolute Gasteiger partial charge is 0.398 e. The maximum Gasteiger partial charge on any atom is 0.230 e. The summed E-state index contributed by atoms with van der Waals surface area (Å²) in [4.78, 5) is 12.1. The fourth-order valence-electron chi connectivity index (χ4n) is 2.46. The van der Waals surface area contributed by atoms with E-state index in [2.05, 4.69) is 5.32 Å². The zero-order chi connectivity index (χ0) is 17.1. The average Bonchev–Trinajstić information content (AvgIpc) is 3.36. The fourth-order valence-corrected chi connectivity index (χ4v) is 4.12. The Labute approximate surface area is 155 Å². The van der Waals surface area contributed by atoms with Crippen LogP contribution in [-0.4, -0.2) is 17.7 Å². The van der Waals surface area contributed by atoms with Crippen molar-refractivity contribution in [2.24, 2.45) is 0 Å². The minimum Gasteiger partial charge on any atom is -0.398 e. The summed E-state index contributed by atoms with van der Waals surface area (Å²) < 4.78 is 0. The van der Waals surface area contributed by atoms with Gasteiger partial charge in [-0.2, -0.15) is 0 Å². The van der Waals surface area contributed by atoms with Gasteiger partial charge in [0.15, 0.2) is 0 Å². The lowest BCUT2D eigenvalue weighted by molar-refractivity contribution is -0.118. The highest BCUT2D eigenvalue weighted by molar-refractivity contribution is 8.00. The summed E-state index contributed by atoms with van der Waals surface area (Å²) in [5.41, 5.74) is 8.60. The first-order chi connectivity index (χ1) is 11.5. The van der Waals surface area contributed by atoms with Gasteiger partial charge in [-0.25, -0.2) is 0 Å². The van der Waals surface area contributed by atoms with Gasteiger partial charge in [-0.1, -0.05) is 41.4 Å². The number of benzene rings is 2. The Bertz CT molecular complexity index is 750. The van der Waals surface area contributed by atoms with Crippen LogP contribution in [0.2, 0.25) is 10.0 Å². The Hall–Kier alpha value is -1.36. The quantitative estimate of drug-likeness (QED) is 0.715. The molecular weight excluding hydrogens is 363 g/mol. The van der Waals surface area contributed by atoms with Gasteiger partial charge in [-0.05, 0) is 48.2 Å². The molecule has 3 N–H and O–H groups in total. The molecule has 1 atom stereocenters. The number of thioether (sulfide) groups is 1. The van der Waals surface area contributed by atoms with E-state index in [0.717, 1.165) is 24.0 Å². The summed E-state index contributed by atoms with van der Waals surface area (Å²) in [5.74, 6) is 0.387. The molecule has 24 heavy (non-hydrogen) atoms. The lowest BCUT2D eigenvalue weighted by Crippen LogP contribution is -2.27. The van der Waals surface area contributed by atoms with Crippen LogP contribution in [-0.2, 0) is 4.79 Å². The van der Waals surface area contributed by atoms with Crippen molar-refractivity contribution in [3.63, 3.8) is 0 Å². The predicted molar refractivity (Wildman–Crippen MR) is 103 cm³/mol. The Balaban J connectivity index is 1.87. The number of rotatable bonds is 6. The third-order valence-corrected chi connectivity index (χ3v) is 5.69. The molecule has 1 fully saturated rings. The monoisotopic (exact) mass is 380 g/mol. The molecule has 0 saturated heterocycles. The molecule has 6 heteroatoms. The third kappa shape index (κ3) is 4.38. The van der Waals surface area contributed by atoms with Crippen LogP contribution in [0, 0.1) is 0 Å². The van der Waals surface area contributed by atoms with Crippen LogP contribution in [0.5, 0.6) is 0 Å². The second-order valence-electron chi connectivity index (χ2n) is 5.83. The number of nitrogens with one attached hydrogen (secondary N) is 1. The number of carbonyl (C=O) groups is 1. The molecule has 0 heterocycles. The first-order valence-corrected chi connectivity index (χ1v) is 9.55. The molecule has 126 valence electrons. The van der Waals surface area contributed by atoms with E-state index >= 15 is 0 Å². The summed E-state index contributed by atoms with van der Waals surface area (Å²) in [7, 11) is 0. The molecule has 0 spiro atoms. The molecule has 3 nitrogen and oxygen atoms in total. The number of anilines is 1. The molecule has 0 aliphatic heterocycles. The van der Waals surface area contributed by atoms with Crippen LogP contribution < -0.4 is 11.1 Å². The van der Waals surface area contributed by atoms with Crippen LogP contribution >= 0.6 is 35.0 Å². The number of halogens is 2. The normalized spacial score (nSPS) is 15.1. The highest BCUT2D eigenvalue weighted by Gasteiger charge is 2.25. The van der Waals surface area contributed by atoms with E-state index in [9.17, 15) is 4.79 Å². The van der Waals surface area contributed by atoms with E-state index in [1.807, 2.05) is 30.3 Å². The lowest BCUT2D eigenvalue weighted by Gasteiger charge is -2.20. The molecule has 2 aromatic carbocycles. The zero-order valence-corrected chi connectivity index (χ0v) is 15.3. The lowest BCUT2D eigenvalue weighted by atomic mass is 10.0. The van der Waals surface area contributed by atoms with E-state index < -0.39 is 0 Å². The minimum atomic E-state index is -0.151. The summed E-state index contributed by atoms with van der Waals surface area (Å²) in [6.07, 6.45) is 2.15. The summed E-state index contributed by atoms with van der Waals surface area (Å²) in [6.45, 7) is 0. The van der Waals surface area contributed by atoms with Gasteiger partial charge in [0.05, 0.1) is 11.0 Å². The van der Waals surface area contributed by atoms with Crippen molar-refractivity contribution in [3.8, 4) is 0 Å². The Kier molecular flexibility index (Phi) is 5.59. The maximum absolute atomic E-state index is 12.1. The van der Waals surface area contributed by atoms with Crippen molar-refractivity contribution in [1.82, 2.24) is 5.32 Å². The number of carbonyl (C=O) groups excluding carboxylic acids is 1. The van der Waals surface area contributed by atoms with Crippen LogP contribution in [0.4, 0.5) is 5.69 Å². The Morgan fingerprint density at radius 1 is 1.21 bits per heavy atom. The predicted octanol–water partition coefficient (Wildman–Crippen LogP) is 4.68. The molecule has 0 aromatic heterocycles. The van der Waals surface area contributed by atoms with Crippen molar-refractivity contribution in [3.05, 3.63) is 63.6 Å². The van der Waals surface area contributed by atoms with E-state index in [-0.39, 0.29) is 11.2 Å². The highest BCUT2D eigenvalue weighted by Crippen LogP contribution is 2.42. The number of nitrogens with two attached hydrogens (primary N) is 1. The number of hydrogen-bond acceptors (Lipinski definition) is 3. The number of amides is 1. The molecule has 1 aliphatic carbocycles. The molecule has 1 saturated carbocycles. The molecule has 1 aliphatic rings. The second kappa shape index (κ2) is 7.68. The van der Waals surface area contributed by atoms with E-state index in [4.69, 9.17) is 28.9 Å². The van der Waals surface area contributed by atoms with Gasteiger partial charge < -0.3 is 11.1 Å². The van der Waals surface area contributed by atoms with Crippen molar-refractivity contribution in [2.75, 3.05) is 11.5 Å². The zero-order valence-electron chi connectivity index (χ0n) is 13.0. The molecule has 0 bridgehead atoms. The van der Waals surface area contributed by atoms with E-state index in [1.165, 1.54) is 11.8 Å². The van der Waals surface area contributed by atoms with Crippen LogP contribution in [0.1, 0.15) is 29.2 Å². The van der Waals surface area contributed by atoms with Crippen LogP contribution in [0.15, 0.2) is 42.5 Å². The topological polar surface area (TPSA) is 55.1 Å².